The van der Waals surface area contributed by atoms with Gasteiger partial charge in [-0.05, 0) is 36.3 Å². The summed E-state index contributed by atoms with van der Waals surface area (Å²) in [5, 5.41) is 0.938. The number of nitrogens with zero attached hydrogens (tertiary/aromatic N) is 2. The summed E-state index contributed by atoms with van der Waals surface area (Å²) in [4.78, 5) is 27.1. The summed E-state index contributed by atoms with van der Waals surface area (Å²) >= 11 is 10.3. The van der Waals surface area contributed by atoms with E-state index in [9.17, 15) is 9.59 Å². The fourth-order valence-corrected chi connectivity index (χ4v) is 5.13. The molecule has 0 bridgehead atoms. The Morgan fingerprint density at radius 1 is 1.23 bits per heavy atom. The minimum absolute atomic E-state index is 0.0882. The fourth-order valence-electron chi connectivity index (χ4n) is 3.47. The van der Waals surface area contributed by atoms with Crippen LogP contribution in [0.25, 0.3) is 17.0 Å². The third-order valence-electron chi connectivity index (χ3n) is 5.03. The number of carbonyl (C=O) groups is 2. The minimum Gasteiger partial charge on any atom is -0.468 e. The van der Waals surface area contributed by atoms with Crippen molar-refractivity contribution in [2.75, 3.05) is 13.7 Å². The van der Waals surface area contributed by atoms with Crippen molar-refractivity contribution < 1.29 is 14.3 Å². The van der Waals surface area contributed by atoms with Crippen LogP contribution < -0.4 is 0 Å². The number of thiocarbonyl (C=S) groups is 1. The van der Waals surface area contributed by atoms with E-state index in [4.69, 9.17) is 17.0 Å². The normalized spacial score (nSPS) is 15.3. The molecule has 31 heavy (non-hydrogen) atoms. The van der Waals surface area contributed by atoms with E-state index in [1.54, 1.807) is 4.90 Å². The fraction of sp³-hybridized carbons (Fsp3) is 0.174. The minimum atomic E-state index is -0.335. The van der Waals surface area contributed by atoms with E-state index >= 15 is 0 Å². The van der Waals surface area contributed by atoms with Gasteiger partial charge in [0.05, 0.1) is 12.0 Å². The van der Waals surface area contributed by atoms with Crippen molar-refractivity contribution in [1.82, 2.24) is 9.47 Å². The Bertz CT molecular complexity index is 1200. The van der Waals surface area contributed by atoms with Crippen LogP contribution in [0.1, 0.15) is 11.1 Å². The number of ether oxygens (including phenoxy) is 1. The SMILES string of the molecule is COC(=O)Cn1cc(/C=C2\SC(=S)N(CCc3ccccc3)C2=O)c2cc(Br)ccc21. The lowest BCUT2D eigenvalue weighted by Gasteiger charge is -2.14. The first kappa shape index (κ1) is 21.8. The summed E-state index contributed by atoms with van der Waals surface area (Å²) in [6, 6.07) is 15.9. The smallest absolute Gasteiger partial charge is 0.325 e. The molecule has 0 atom stereocenters. The Kier molecular flexibility index (Phi) is 6.60. The third kappa shape index (κ3) is 4.76. The quantitative estimate of drug-likeness (QED) is 0.262. The Hall–Kier alpha value is -2.42. The van der Waals surface area contributed by atoms with Gasteiger partial charge in [-0.25, -0.2) is 0 Å². The van der Waals surface area contributed by atoms with Gasteiger partial charge in [0.2, 0.25) is 0 Å². The molecule has 1 aromatic heterocycles. The predicted octanol–water partition coefficient (Wildman–Crippen LogP) is 5.02. The van der Waals surface area contributed by atoms with Crippen LogP contribution in [0.15, 0.2) is 64.1 Å². The van der Waals surface area contributed by atoms with Crippen molar-refractivity contribution in [2.45, 2.75) is 13.0 Å². The lowest BCUT2D eigenvalue weighted by Crippen LogP contribution is -2.30. The average Bonchev–Trinajstić information content (AvgIpc) is 3.23. The second kappa shape index (κ2) is 9.38. The van der Waals surface area contributed by atoms with Gasteiger partial charge in [0.25, 0.3) is 5.91 Å². The highest BCUT2D eigenvalue weighted by molar-refractivity contribution is 9.10. The number of hydrogen-bond acceptors (Lipinski definition) is 5. The molecule has 0 N–H and O–H groups in total. The Morgan fingerprint density at radius 2 is 2.00 bits per heavy atom. The molecular weight excluding hydrogens is 496 g/mol. The van der Waals surface area contributed by atoms with Gasteiger partial charge in [0.1, 0.15) is 10.9 Å². The first-order valence-corrected chi connectivity index (χ1v) is 11.6. The molecule has 0 radical (unpaired) electrons. The number of benzene rings is 2. The number of amides is 1. The summed E-state index contributed by atoms with van der Waals surface area (Å²) in [5.41, 5.74) is 2.90. The van der Waals surface area contributed by atoms with Crippen molar-refractivity contribution in [3.05, 3.63) is 75.2 Å². The molecule has 1 aliphatic heterocycles. The maximum absolute atomic E-state index is 13.0. The van der Waals surface area contributed by atoms with Gasteiger partial charge in [-0.2, -0.15) is 0 Å². The number of thioether (sulfide) groups is 1. The summed E-state index contributed by atoms with van der Waals surface area (Å²) in [6.07, 6.45) is 4.46. The van der Waals surface area contributed by atoms with Gasteiger partial charge >= 0.3 is 5.97 Å². The zero-order valence-corrected chi connectivity index (χ0v) is 19.9. The second-order valence-electron chi connectivity index (χ2n) is 7.02. The van der Waals surface area contributed by atoms with Crippen molar-refractivity contribution in [3.63, 3.8) is 0 Å². The second-order valence-corrected chi connectivity index (χ2v) is 9.61. The average molecular weight is 515 g/mol. The van der Waals surface area contributed by atoms with Gasteiger partial charge in [-0.1, -0.05) is 70.2 Å². The lowest BCUT2D eigenvalue weighted by molar-refractivity contribution is -0.141. The van der Waals surface area contributed by atoms with Crippen LogP contribution in [0.2, 0.25) is 0 Å². The molecule has 0 saturated carbocycles. The van der Waals surface area contributed by atoms with Crippen molar-refractivity contribution in [3.8, 4) is 0 Å². The summed E-state index contributed by atoms with van der Waals surface area (Å²) < 4.78 is 8.12. The van der Waals surface area contributed by atoms with Crippen LogP contribution >= 0.6 is 39.9 Å². The van der Waals surface area contributed by atoms with Crippen LogP contribution in [0, 0.1) is 0 Å². The van der Waals surface area contributed by atoms with Crippen LogP contribution in [-0.4, -0.2) is 39.3 Å². The highest BCUT2D eigenvalue weighted by atomic mass is 79.9. The first-order chi connectivity index (χ1) is 15.0. The lowest BCUT2D eigenvalue weighted by atomic mass is 10.1. The number of carbonyl (C=O) groups excluding carboxylic acids is 2. The summed E-state index contributed by atoms with van der Waals surface area (Å²) in [6.45, 7) is 0.641. The summed E-state index contributed by atoms with van der Waals surface area (Å²) in [5.74, 6) is -0.423. The Balaban J connectivity index is 1.62. The van der Waals surface area contributed by atoms with Gasteiger partial charge in [-0.15, -0.1) is 0 Å². The highest BCUT2D eigenvalue weighted by Crippen LogP contribution is 2.35. The third-order valence-corrected chi connectivity index (χ3v) is 6.90. The first-order valence-electron chi connectivity index (χ1n) is 9.61. The molecule has 4 rings (SSSR count). The van der Waals surface area contributed by atoms with Gasteiger partial charge < -0.3 is 9.30 Å². The molecule has 0 unspecified atom stereocenters. The van der Waals surface area contributed by atoms with E-state index in [0.29, 0.717) is 15.8 Å². The number of fused-ring (bicyclic) bond motifs is 1. The molecule has 0 aliphatic carbocycles. The largest absolute Gasteiger partial charge is 0.468 e. The number of esters is 1. The maximum Gasteiger partial charge on any atom is 0.325 e. The number of aromatic nitrogens is 1. The molecule has 2 aromatic carbocycles. The molecule has 1 amide bonds. The molecule has 158 valence electrons. The molecule has 1 fully saturated rings. The monoisotopic (exact) mass is 514 g/mol. The molecule has 1 aliphatic rings. The highest BCUT2D eigenvalue weighted by Gasteiger charge is 2.32. The molecule has 8 heteroatoms. The predicted molar refractivity (Wildman–Crippen MR) is 132 cm³/mol. The Labute approximate surface area is 198 Å². The molecule has 3 aromatic rings. The zero-order chi connectivity index (χ0) is 22.0. The molecule has 0 spiro atoms. The molecule has 5 nitrogen and oxygen atoms in total. The maximum atomic E-state index is 13.0. The van der Waals surface area contributed by atoms with Gasteiger partial charge in [-0.3, -0.25) is 14.5 Å². The Morgan fingerprint density at radius 3 is 2.74 bits per heavy atom. The van der Waals surface area contributed by atoms with E-state index in [1.807, 2.05) is 65.4 Å². The zero-order valence-electron chi connectivity index (χ0n) is 16.7. The molecule has 2 heterocycles. The standard InChI is InChI=1S/C23H19BrN2O3S2/c1-29-21(27)14-25-13-16(18-12-17(24)7-8-19(18)25)11-20-22(28)26(23(30)31-20)10-9-15-5-3-2-4-6-15/h2-8,11-13H,9-10,14H2,1H3/b20-11-. The van der Waals surface area contributed by atoms with Crippen molar-refractivity contribution >= 4 is 73.1 Å². The number of hydrogen-bond donors (Lipinski definition) is 0. The van der Waals surface area contributed by atoms with E-state index in [-0.39, 0.29) is 18.4 Å². The van der Waals surface area contributed by atoms with E-state index < -0.39 is 0 Å². The van der Waals surface area contributed by atoms with Crippen LogP contribution in [0.5, 0.6) is 0 Å². The number of rotatable bonds is 6. The van der Waals surface area contributed by atoms with Gasteiger partial charge in [0.15, 0.2) is 0 Å². The molecular formula is C23H19BrN2O3S2. The van der Waals surface area contributed by atoms with Crippen molar-refractivity contribution in [1.29, 1.82) is 0 Å². The van der Waals surface area contributed by atoms with Crippen LogP contribution in [-0.2, 0) is 27.3 Å². The van der Waals surface area contributed by atoms with Crippen LogP contribution in [0.4, 0.5) is 0 Å². The van der Waals surface area contributed by atoms with Crippen molar-refractivity contribution in [2.24, 2.45) is 0 Å². The number of methoxy groups -OCH3 is 1. The van der Waals surface area contributed by atoms with Crippen LogP contribution in [0.3, 0.4) is 0 Å². The van der Waals surface area contributed by atoms with Gasteiger partial charge in [0, 0.05) is 33.7 Å². The van der Waals surface area contributed by atoms with E-state index in [1.165, 1.54) is 18.9 Å². The molecule has 1 saturated heterocycles. The number of halogens is 1. The van der Waals surface area contributed by atoms with E-state index in [2.05, 4.69) is 15.9 Å². The van der Waals surface area contributed by atoms with E-state index in [0.717, 1.165) is 32.9 Å². The topological polar surface area (TPSA) is 51.5 Å². The summed E-state index contributed by atoms with van der Waals surface area (Å²) in [7, 11) is 1.37.